The van der Waals surface area contributed by atoms with E-state index in [1.54, 1.807) is 38.3 Å². The molecule has 2 aliphatic rings. The van der Waals surface area contributed by atoms with E-state index in [-0.39, 0.29) is 24.2 Å². The number of aromatic nitrogens is 2. The number of hydrogen-bond donors (Lipinski definition) is 2. The van der Waals surface area contributed by atoms with Crippen LogP contribution in [-0.4, -0.2) is 32.8 Å². The van der Waals surface area contributed by atoms with Crippen LogP contribution in [0.2, 0.25) is 0 Å². The highest BCUT2D eigenvalue weighted by molar-refractivity contribution is 5.90. The highest BCUT2D eigenvalue weighted by Crippen LogP contribution is 2.42. The van der Waals surface area contributed by atoms with E-state index in [4.69, 9.17) is 9.47 Å². The number of benzene rings is 1. The van der Waals surface area contributed by atoms with E-state index in [9.17, 15) is 19.8 Å². The van der Waals surface area contributed by atoms with Gasteiger partial charge in [0.05, 0.1) is 29.6 Å². The van der Waals surface area contributed by atoms with Gasteiger partial charge in [-0.25, -0.2) is 9.78 Å². The molecule has 2 aromatic heterocycles. The predicted octanol–water partition coefficient (Wildman–Crippen LogP) is 1.58. The maximum atomic E-state index is 13.2. The minimum absolute atomic E-state index is 0.0550. The van der Waals surface area contributed by atoms with E-state index >= 15 is 0 Å². The van der Waals surface area contributed by atoms with Crippen molar-refractivity contribution in [2.45, 2.75) is 31.8 Å². The van der Waals surface area contributed by atoms with Gasteiger partial charge in [-0.2, -0.15) is 0 Å². The molecule has 1 aromatic carbocycles. The molecule has 0 fully saturated rings. The van der Waals surface area contributed by atoms with Gasteiger partial charge in [0.1, 0.15) is 12.4 Å². The van der Waals surface area contributed by atoms with Crippen LogP contribution in [-0.2, 0) is 21.7 Å². The molecule has 2 N–H and O–H groups in total. The molecule has 2 atom stereocenters. The largest absolute Gasteiger partial charge is 0.496 e. The summed E-state index contributed by atoms with van der Waals surface area (Å²) >= 11 is 0. The van der Waals surface area contributed by atoms with Crippen LogP contribution in [0.1, 0.15) is 36.3 Å². The molecule has 2 aliphatic heterocycles. The summed E-state index contributed by atoms with van der Waals surface area (Å²) in [7, 11) is 1.55. The number of hydrogen-bond acceptors (Lipinski definition) is 7. The molecule has 0 radical (unpaired) electrons. The van der Waals surface area contributed by atoms with Crippen molar-refractivity contribution in [3.05, 3.63) is 57.4 Å². The van der Waals surface area contributed by atoms with Crippen LogP contribution in [0.4, 0.5) is 0 Å². The van der Waals surface area contributed by atoms with Crippen molar-refractivity contribution in [2.75, 3.05) is 7.11 Å². The van der Waals surface area contributed by atoms with Crippen LogP contribution in [0, 0.1) is 0 Å². The third-order valence-corrected chi connectivity index (χ3v) is 5.82. The zero-order chi connectivity index (χ0) is 20.5. The van der Waals surface area contributed by atoms with Crippen molar-refractivity contribution in [1.29, 1.82) is 0 Å². The Morgan fingerprint density at radius 3 is 2.86 bits per heavy atom. The van der Waals surface area contributed by atoms with Crippen LogP contribution in [0.5, 0.6) is 5.75 Å². The van der Waals surface area contributed by atoms with Gasteiger partial charge in [-0.05, 0) is 30.7 Å². The maximum absolute atomic E-state index is 13.2. The molecule has 1 unspecified atom stereocenters. The van der Waals surface area contributed by atoms with E-state index in [1.807, 2.05) is 6.07 Å². The van der Waals surface area contributed by atoms with Gasteiger partial charge in [-0.15, -0.1) is 0 Å². The topological polar surface area (TPSA) is 111 Å². The number of cyclic esters (lactones) is 1. The van der Waals surface area contributed by atoms with Gasteiger partial charge in [0.15, 0.2) is 11.8 Å². The summed E-state index contributed by atoms with van der Waals surface area (Å²) in [5.41, 5.74) is -0.188. The molecule has 0 aliphatic carbocycles. The highest BCUT2D eigenvalue weighted by atomic mass is 16.6. The van der Waals surface area contributed by atoms with E-state index in [1.165, 1.54) is 4.57 Å². The third-order valence-electron chi connectivity index (χ3n) is 5.82. The lowest BCUT2D eigenvalue weighted by molar-refractivity contribution is -0.172. The van der Waals surface area contributed by atoms with Gasteiger partial charge in [0, 0.05) is 16.5 Å². The molecule has 29 heavy (non-hydrogen) atoms. The maximum Gasteiger partial charge on any atom is 0.343 e. The van der Waals surface area contributed by atoms with E-state index < -0.39 is 23.4 Å². The molecular weight excluding hydrogens is 376 g/mol. The molecule has 8 nitrogen and oxygen atoms in total. The number of aliphatic hydroxyl groups excluding tert-OH is 1. The number of rotatable bonds is 2. The average Bonchev–Trinajstić information content (AvgIpc) is 3.01. The first kappa shape index (κ1) is 17.8. The lowest BCUT2D eigenvalue weighted by Crippen LogP contribution is -2.44. The van der Waals surface area contributed by atoms with Crippen LogP contribution in [0.15, 0.2) is 35.1 Å². The zero-order valence-corrected chi connectivity index (χ0v) is 15.8. The molecule has 148 valence electrons. The summed E-state index contributed by atoms with van der Waals surface area (Å²) in [5.74, 6) is -0.182. The van der Waals surface area contributed by atoms with Crippen LogP contribution < -0.4 is 10.3 Å². The number of ether oxygens (including phenoxy) is 2. The van der Waals surface area contributed by atoms with Crippen LogP contribution in [0.25, 0.3) is 22.3 Å². The standard InChI is InChI=1S/C21H18N2O6/c1-3-21(27)13-8-15-17-11(7-10-14(22-17)5-4-6-16(10)28-2)18(24)23(15)19(25)12(13)9-29-20(21)26/h4-8,18,24,27H,3,9H2,1-2H3/t18?,21-/m0/s1. The molecule has 0 amide bonds. The number of esters is 1. The van der Waals surface area contributed by atoms with E-state index in [2.05, 4.69) is 4.98 Å². The monoisotopic (exact) mass is 394 g/mol. The molecule has 0 saturated carbocycles. The second-order valence-electron chi connectivity index (χ2n) is 7.21. The summed E-state index contributed by atoms with van der Waals surface area (Å²) in [4.78, 5) is 30.0. The number of fused-ring (bicyclic) bond motifs is 5. The van der Waals surface area contributed by atoms with Crippen molar-refractivity contribution in [3.63, 3.8) is 0 Å². The Kier molecular flexibility index (Phi) is 3.62. The number of carbonyl (C=O) groups is 1. The molecule has 4 heterocycles. The Bertz CT molecular complexity index is 1260. The van der Waals surface area contributed by atoms with E-state index in [0.29, 0.717) is 33.6 Å². The number of carbonyl (C=O) groups excluding carboxylic acids is 1. The van der Waals surface area contributed by atoms with Gasteiger partial charge in [0.25, 0.3) is 5.56 Å². The fourth-order valence-electron chi connectivity index (χ4n) is 4.20. The van der Waals surface area contributed by atoms with Crippen LogP contribution >= 0.6 is 0 Å². The lowest BCUT2D eigenvalue weighted by atomic mass is 9.86. The Morgan fingerprint density at radius 2 is 2.14 bits per heavy atom. The summed E-state index contributed by atoms with van der Waals surface area (Å²) in [6.45, 7) is 1.39. The summed E-state index contributed by atoms with van der Waals surface area (Å²) in [5, 5.41) is 22.5. The second-order valence-corrected chi connectivity index (χ2v) is 7.21. The van der Waals surface area contributed by atoms with Gasteiger partial charge in [0.2, 0.25) is 0 Å². The minimum atomic E-state index is -1.91. The summed E-state index contributed by atoms with van der Waals surface area (Å²) < 4.78 is 11.6. The van der Waals surface area contributed by atoms with Crippen molar-refractivity contribution in [2.24, 2.45) is 0 Å². The summed E-state index contributed by atoms with van der Waals surface area (Å²) in [6, 6.07) is 8.72. The van der Waals surface area contributed by atoms with Gasteiger partial charge >= 0.3 is 5.97 Å². The Labute approximate surface area is 165 Å². The normalized spacial score (nSPS) is 22.1. The smallest absolute Gasteiger partial charge is 0.343 e. The Morgan fingerprint density at radius 1 is 1.34 bits per heavy atom. The number of pyridine rings is 2. The number of methoxy groups -OCH3 is 1. The quantitative estimate of drug-likeness (QED) is 0.635. The third kappa shape index (κ3) is 2.18. The first-order chi connectivity index (χ1) is 13.9. The first-order valence-electron chi connectivity index (χ1n) is 9.25. The minimum Gasteiger partial charge on any atom is -0.496 e. The number of nitrogens with zero attached hydrogens (tertiary/aromatic N) is 2. The molecule has 3 aromatic rings. The van der Waals surface area contributed by atoms with Gasteiger partial charge in [-0.1, -0.05) is 13.0 Å². The predicted molar refractivity (Wildman–Crippen MR) is 102 cm³/mol. The Balaban J connectivity index is 1.83. The SMILES string of the molecule is CC[C@@]1(O)C(=O)OCc2c1cc1n(c2=O)C(O)c2cc3c(OC)cccc3nc2-1. The molecule has 0 spiro atoms. The van der Waals surface area contributed by atoms with Crippen molar-refractivity contribution in [3.8, 4) is 17.1 Å². The summed E-state index contributed by atoms with van der Waals surface area (Å²) in [6.07, 6.45) is -1.19. The Hall–Kier alpha value is -3.23. The van der Waals surface area contributed by atoms with Crippen LogP contribution in [0.3, 0.4) is 0 Å². The lowest BCUT2D eigenvalue weighted by Gasteiger charge is -2.31. The molecule has 0 bridgehead atoms. The first-order valence-corrected chi connectivity index (χ1v) is 9.25. The molecule has 8 heteroatoms. The average molecular weight is 394 g/mol. The van der Waals surface area contributed by atoms with Crippen molar-refractivity contribution < 1.29 is 24.5 Å². The van der Waals surface area contributed by atoms with Gasteiger partial charge in [-0.3, -0.25) is 9.36 Å². The fraction of sp³-hybridized carbons (Fsp3) is 0.286. The number of aliphatic hydroxyl groups is 2. The van der Waals surface area contributed by atoms with E-state index in [0.717, 1.165) is 0 Å². The second kappa shape index (κ2) is 5.88. The van der Waals surface area contributed by atoms with Crippen molar-refractivity contribution in [1.82, 2.24) is 9.55 Å². The fourth-order valence-corrected chi connectivity index (χ4v) is 4.20. The highest BCUT2D eigenvalue weighted by Gasteiger charge is 2.46. The van der Waals surface area contributed by atoms with Crippen molar-refractivity contribution >= 4 is 16.9 Å². The molecular formula is C21H18N2O6. The zero-order valence-electron chi connectivity index (χ0n) is 15.8. The molecule has 5 rings (SSSR count). The molecule has 0 saturated heterocycles. The van der Waals surface area contributed by atoms with Gasteiger partial charge < -0.3 is 19.7 Å².